The smallest absolute Gasteiger partial charge is 0.238 e. The minimum absolute atomic E-state index is 0.0626. The maximum Gasteiger partial charge on any atom is 0.238 e. The zero-order valence-electron chi connectivity index (χ0n) is 12.1. The van der Waals surface area contributed by atoms with E-state index in [0.717, 1.165) is 15.7 Å². The third-order valence-electron chi connectivity index (χ3n) is 3.67. The SMILES string of the molecule is Cc1cc(NC(=O)CN(C)C2CCS(=O)(=O)C2)ccc1Br. The molecule has 1 unspecified atom stereocenters. The van der Waals surface area contributed by atoms with Gasteiger partial charge in [-0.05, 0) is 44.2 Å². The normalized spacial score (nSPS) is 20.7. The number of sulfone groups is 1. The Kier molecular flexibility index (Phi) is 5.06. The summed E-state index contributed by atoms with van der Waals surface area (Å²) < 4.78 is 23.9. The van der Waals surface area contributed by atoms with Gasteiger partial charge in [-0.3, -0.25) is 9.69 Å². The summed E-state index contributed by atoms with van der Waals surface area (Å²) in [5.74, 6) is 0.229. The first-order valence-electron chi connectivity index (χ1n) is 6.73. The number of likely N-dealkylation sites (N-methyl/N-ethyl adjacent to an activating group) is 1. The Balaban J connectivity index is 1.91. The molecule has 0 saturated carbocycles. The molecule has 1 N–H and O–H groups in total. The van der Waals surface area contributed by atoms with Crippen molar-refractivity contribution in [2.75, 3.05) is 30.4 Å². The molecule has 1 atom stereocenters. The Morgan fingerprint density at radius 2 is 2.19 bits per heavy atom. The number of rotatable bonds is 4. The van der Waals surface area contributed by atoms with Gasteiger partial charge in [0.15, 0.2) is 9.84 Å². The lowest BCUT2D eigenvalue weighted by molar-refractivity contribution is -0.117. The number of benzene rings is 1. The average molecular weight is 375 g/mol. The molecule has 7 heteroatoms. The van der Waals surface area contributed by atoms with Gasteiger partial charge >= 0.3 is 0 Å². The van der Waals surface area contributed by atoms with E-state index in [1.54, 1.807) is 7.05 Å². The number of hydrogen-bond donors (Lipinski definition) is 1. The van der Waals surface area contributed by atoms with Crippen LogP contribution in [0.2, 0.25) is 0 Å². The molecule has 1 aliphatic rings. The van der Waals surface area contributed by atoms with Crippen LogP contribution in [0, 0.1) is 6.92 Å². The number of anilines is 1. The Morgan fingerprint density at radius 1 is 1.48 bits per heavy atom. The van der Waals surface area contributed by atoms with Gasteiger partial charge in [-0.15, -0.1) is 0 Å². The van der Waals surface area contributed by atoms with Crippen molar-refractivity contribution in [2.24, 2.45) is 0 Å². The molecule has 5 nitrogen and oxygen atoms in total. The van der Waals surface area contributed by atoms with Gasteiger partial charge in [0.25, 0.3) is 0 Å². The standard InChI is InChI=1S/C14H19BrN2O3S/c1-10-7-11(3-4-13(10)15)16-14(18)8-17(2)12-5-6-21(19,20)9-12/h3-4,7,12H,5-6,8-9H2,1-2H3,(H,16,18). The minimum atomic E-state index is -2.92. The zero-order valence-corrected chi connectivity index (χ0v) is 14.5. The van der Waals surface area contributed by atoms with E-state index in [-0.39, 0.29) is 30.0 Å². The fraction of sp³-hybridized carbons (Fsp3) is 0.500. The number of aryl methyl sites for hydroxylation is 1. The van der Waals surface area contributed by atoms with Crippen LogP contribution in [0.5, 0.6) is 0 Å². The van der Waals surface area contributed by atoms with Crippen LogP contribution in [0.4, 0.5) is 5.69 Å². The van der Waals surface area contributed by atoms with Crippen LogP contribution in [0.3, 0.4) is 0 Å². The fourth-order valence-electron chi connectivity index (χ4n) is 2.40. The first kappa shape index (κ1) is 16.5. The molecule has 0 aliphatic carbocycles. The Hall–Kier alpha value is -0.920. The number of hydrogen-bond acceptors (Lipinski definition) is 4. The van der Waals surface area contributed by atoms with Gasteiger partial charge in [-0.25, -0.2) is 8.42 Å². The fourth-order valence-corrected chi connectivity index (χ4v) is 4.45. The number of halogens is 1. The van der Waals surface area contributed by atoms with E-state index in [4.69, 9.17) is 0 Å². The predicted molar refractivity (Wildman–Crippen MR) is 87.2 cm³/mol. The lowest BCUT2D eigenvalue weighted by Gasteiger charge is -2.22. The largest absolute Gasteiger partial charge is 0.325 e. The van der Waals surface area contributed by atoms with Crippen molar-refractivity contribution in [3.63, 3.8) is 0 Å². The maximum absolute atomic E-state index is 12.0. The van der Waals surface area contributed by atoms with Crippen molar-refractivity contribution in [2.45, 2.75) is 19.4 Å². The highest BCUT2D eigenvalue weighted by atomic mass is 79.9. The Bertz CT molecular complexity index is 646. The molecule has 0 radical (unpaired) electrons. The molecule has 0 bridgehead atoms. The molecule has 1 amide bonds. The number of carbonyl (C=O) groups is 1. The van der Waals surface area contributed by atoms with Crippen molar-refractivity contribution < 1.29 is 13.2 Å². The number of amides is 1. The molecule has 0 spiro atoms. The van der Waals surface area contributed by atoms with E-state index in [9.17, 15) is 13.2 Å². The molecule has 1 aliphatic heterocycles. The maximum atomic E-state index is 12.0. The van der Waals surface area contributed by atoms with E-state index in [2.05, 4.69) is 21.2 Å². The van der Waals surface area contributed by atoms with E-state index in [1.807, 2.05) is 30.0 Å². The summed E-state index contributed by atoms with van der Waals surface area (Å²) in [7, 11) is -1.13. The Morgan fingerprint density at radius 3 is 2.76 bits per heavy atom. The average Bonchev–Trinajstić information content (AvgIpc) is 2.74. The zero-order chi connectivity index (χ0) is 15.6. The molecule has 1 heterocycles. The second-order valence-electron chi connectivity index (χ2n) is 5.48. The summed E-state index contributed by atoms with van der Waals surface area (Å²) in [5, 5.41) is 2.83. The summed E-state index contributed by atoms with van der Waals surface area (Å²) in [6.45, 7) is 2.14. The third kappa shape index (κ3) is 4.52. The van der Waals surface area contributed by atoms with Gasteiger partial charge in [0.05, 0.1) is 18.1 Å². The van der Waals surface area contributed by atoms with E-state index >= 15 is 0 Å². The highest BCUT2D eigenvalue weighted by molar-refractivity contribution is 9.10. The van der Waals surface area contributed by atoms with Gasteiger partial charge < -0.3 is 5.32 Å². The van der Waals surface area contributed by atoms with Crippen molar-refractivity contribution in [3.05, 3.63) is 28.2 Å². The highest BCUT2D eigenvalue weighted by Gasteiger charge is 2.31. The van der Waals surface area contributed by atoms with E-state index in [0.29, 0.717) is 6.42 Å². The molecule has 0 aromatic heterocycles. The van der Waals surface area contributed by atoms with Crippen LogP contribution >= 0.6 is 15.9 Å². The van der Waals surface area contributed by atoms with E-state index < -0.39 is 9.84 Å². The van der Waals surface area contributed by atoms with Crippen molar-refractivity contribution in [3.8, 4) is 0 Å². The molecule has 1 aromatic rings. The second-order valence-corrected chi connectivity index (χ2v) is 8.57. The van der Waals surface area contributed by atoms with E-state index in [1.165, 1.54) is 0 Å². The molecule has 1 aromatic carbocycles. The van der Waals surface area contributed by atoms with Gasteiger partial charge in [-0.2, -0.15) is 0 Å². The van der Waals surface area contributed by atoms with Crippen LogP contribution in [-0.2, 0) is 14.6 Å². The van der Waals surface area contributed by atoms with Crippen molar-refractivity contribution >= 4 is 37.4 Å². The van der Waals surface area contributed by atoms with Gasteiger partial charge in [0.1, 0.15) is 0 Å². The van der Waals surface area contributed by atoms with Crippen molar-refractivity contribution in [1.82, 2.24) is 4.90 Å². The third-order valence-corrected chi connectivity index (χ3v) is 6.31. The number of nitrogens with zero attached hydrogens (tertiary/aromatic N) is 1. The lowest BCUT2D eigenvalue weighted by atomic mass is 10.2. The first-order valence-corrected chi connectivity index (χ1v) is 9.35. The first-order chi connectivity index (χ1) is 9.77. The number of carbonyl (C=O) groups excluding carboxylic acids is 1. The summed E-state index contributed by atoms with van der Waals surface area (Å²) >= 11 is 3.41. The summed E-state index contributed by atoms with van der Waals surface area (Å²) in [6.07, 6.45) is 0.601. The molecular weight excluding hydrogens is 356 g/mol. The molecular formula is C14H19BrN2O3S. The van der Waals surface area contributed by atoms with Crippen LogP contribution in [-0.4, -0.2) is 50.4 Å². The number of nitrogens with one attached hydrogen (secondary N) is 1. The van der Waals surface area contributed by atoms with Gasteiger partial charge in [0, 0.05) is 16.2 Å². The molecule has 1 saturated heterocycles. The summed E-state index contributed by atoms with van der Waals surface area (Å²) in [6, 6.07) is 5.54. The molecule has 116 valence electrons. The molecule has 2 rings (SSSR count). The lowest BCUT2D eigenvalue weighted by Crippen LogP contribution is -2.38. The summed E-state index contributed by atoms with van der Waals surface area (Å²) in [5.41, 5.74) is 1.79. The Labute approximate surface area is 133 Å². The van der Waals surface area contributed by atoms with Gasteiger partial charge in [0.2, 0.25) is 5.91 Å². The molecule has 21 heavy (non-hydrogen) atoms. The van der Waals surface area contributed by atoms with Crippen LogP contribution < -0.4 is 5.32 Å². The summed E-state index contributed by atoms with van der Waals surface area (Å²) in [4.78, 5) is 13.8. The molecule has 1 fully saturated rings. The topological polar surface area (TPSA) is 66.5 Å². The highest BCUT2D eigenvalue weighted by Crippen LogP contribution is 2.20. The monoisotopic (exact) mass is 374 g/mol. The van der Waals surface area contributed by atoms with Crippen molar-refractivity contribution in [1.29, 1.82) is 0 Å². The van der Waals surface area contributed by atoms with Crippen LogP contribution in [0.1, 0.15) is 12.0 Å². The second kappa shape index (κ2) is 6.46. The van der Waals surface area contributed by atoms with Gasteiger partial charge in [-0.1, -0.05) is 15.9 Å². The quantitative estimate of drug-likeness (QED) is 0.872. The minimum Gasteiger partial charge on any atom is -0.325 e. The van der Waals surface area contributed by atoms with Crippen LogP contribution in [0.25, 0.3) is 0 Å². The van der Waals surface area contributed by atoms with Crippen LogP contribution in [0.15, 0.2) is 22.7 Å². The predicted octanol–water partition coefficient (Wildman–Crippen LogP) is 1.81.